The second kappa shape index (κ2) is 10.1. The molecule has 3 aromatic rings. The van der Waals surface area contributed by atoms with E-state index in [0.29, 0.717) is 28.3 Å². The third-order valence-corrected chi connectivity index (χ3v) is 4.38. The highest BCUT2D eigenvalue weighted by Crippen LogP contribution is 2.16. The fraction of sp³-hybridized carbons (Fsp3) is 0.130. The van der Waals surface area contributed by atoms with E-state index in [0.717, 1.165) is 0 Å². The van der Waals surface area contributed by atoms with E-state index in [1.54, 1.807) is 73.8 Å². The van der Waals surface area contributed by atoms with Crippen molar-refractivity contribution in [3.63, 3.8) is 0 Å². The van der Waals surface area contributed by atoms with Gasteiger partial charge < -0.3 is 20.7 Å². The van der Waals surface area contributed by atoms with Crippen molar-refractivity contribution in [2.24, 2.45) is 0 Å². The van der Waals surface area contributed by atoms with E-state index in [-0.39, 0.29) is 30.7 Å². The van der Waals surface area contributed by atoms with Crippen molar-refractivity contribution in [3.8, 4) is 5.75 Å². The smallest absolute Gasteiger partial charge is 0.255 e. The lowest BCUT2D eigenvalue weighted by molar-refractivity contribution is -0.119. The van der Waals surface area contributed by atoms with Gasteiger partial charge in [0, 0.05) is 29.0 Å². The van der Waals surface area contributed by atoms with E-state index < -0.39 is 0 Å². The van der Waals surface area contributed by atoms with Gasteiger partial charge in [-0.2, -0.15) is 0 Å². The zero-order valence-electron chi connectivity index (χ0n) is 16.4. The topological polar surface area (TPSA) is 79.5 Å². The molecular formula is C23H22FN3O3. The summed E-state index contributed by atoms with van der Waals surface area (Å²) in [5.41, 5.74) is 2.27. The van der Waals surface area contributed by atoms with Crippen LogP contribution >= 0.6 is 0 Å². The van der Waals surface area contributed by atoms with Crippen LogP contribution in [0.3, 0.4) is 0 Å². The number of hydrogen-bond acceptors (Lipinski definition) is 4. The minimum Gasteiger partial charge on any atom is -0.497 e. The molecule has 3 rings (SSSR count). The Labute approximate surface area is 174 Å². The number of carbonyl (C=O) groups is 2. The lowest BCUT2D eigenvalue weighted by Crippen LogP contribution is -2.29. The van der Waals surface area contributed by atoms with Gasteiger partial charge in [-0.25, -0.2) is 4.39 Å². The zero-order chi connectivity index (χ0) is 21.3. The van der Waals surface area contributed by atoms with E-state index in [1.807, 2.05) is 0 Å². The summed E-state index contributed by atoms with van der Waals surface area (Å²) in [5, 5.41) is 8.44. The van der Waals surface area contributed by atoms with Gasteiger partial charge in [0.25, 0.3) is 5.91 Å². The van der Waals surface area contributed by atoms with Crippen LogP contribution in [-0.2, 0) is 11.3 Å². The van der Waals surface area contributed by atoms with Crippen molar-refractivity contribution in [1.29, 1.82) is 0 Å². The van der Waals surface area contributed by atoms with Crippen LogP contribution in [0.25, 0.3) is 0 Å². The van der Waals surface area contributed by atoms with Crippen molar-refractivity contribution in [3.05, 3.63) is 89.7 Å². The Morgan fingerprint density at radius 3 is 2.23 bits per heavy atom. The summed E-state index contributed by atoms with van der Waals surface area (Å²) in [7, 11) is 1.58. The molecule has 7 heteroatoms. The predicted octanol–water partition coefficient (Wildman–Crippen LogP) is 3.81. The van der Waals surface area contributed by atoms with E-state index in [1.165, 1.54) is 6.07 Å². The van der Waals surface area contributed by atoms with E-state index in [2.05, 4.69) is 16.0 Å². The minimum atomic E-state index is -0.353. The monoisotopic (exact) mass is 407 g/mol. The molecule has 0 atom stereocenters. The first kappa shape index (κ1) is 20.9. The van der Waals surface area contributed by atoms with E-state index >= 15 is 0 Å². The van der Waals surface area contributed by atoms with Crippen molar-refractivity contribution in [1.82, 2.24) is 5.32 Å². The second-order valence-electron chi connectivity index (χ2n) is 6.48. The molecule has 0 aliphatic carbocycles. The molecule has 0 unspecified atom stereocenters. The number of halogens is 1. The van der Waals surface area contributed by atoms with Gasteiger partial charge in [-0.05, 0) is 54.6 Å². The summed E-state index contributed by atoms with van der Waals surface area (Å²) in [6, 6.07) is 20.1. The molecule has 0 spiro atoms. The van der Waals surface area contributed by atoms with Gasteiger partial charge in [0.2, 0.25) is 5.91 Å². The zero-order valence-corrected chi connectivity index (χ0v) is 16.4. The molecule has 3 aromatic carbocycles. The molecule has 6 nitrogen and oxygen atoms in total. The summed E-state index contributed by atoms with van der Waals surface area (Å²) in [6.45, 7) is 0.156. The highest BCUT2D eigenvalue weighted by atomic mass is 19.1. The predicted molar refractivity (Wildman–Crippen MR) is 114 cm³/mol. The maximum atomic E-state index is 13.6. The number of methoxy groups -OCH3 is 1. The Bertz CT molecular complexity index is 1000. The average molecular weight is 407 g/mol. The number of anilines is 2. The normalized spacial score (nSPS) is 10.2. The van der Waals surface area contributed by atoms with Gasteiger partial charge in [-0.3, -0.25) is 9.59 Å². The van der Waals surface area contributed by atoms with Crippen molar-refractivity contribution < 1.29 is 18.7 Å². The first-order valence-corrected chi connectivity index (χ1v) is 9.34. The Morgan fingerprint density at radius 1 is 0.900 bits per heavy atom. The Morgan fingerprint density at radius 2 is 1.57 bits per heavy atom. The van der Waals surface area contributed by atoms with Gasteiger partial charge in [-0.15, -0.1) is 0 Å². The van der Waals surface area contributed by atoms with Crippen LogP contribution in [0.1, 0.15) is 15.9 Å². The molecule has 2 amide bonds. The molecule has 0 aliphatic heterocycles. The minimum absolute atomic E-state index is 0.0336. The highest BCUT2D eigenvalue weighted by molar-refractivity contribution is 6.04. The van der Waals surface area contributed by atoms with Crippen LogP contribution in [0.4, 0.5) is 15.8 Å². The second-order valence-corrected chi connectivity index (χ2v) is 6.48. The Kier molecular flexibility index (Phi) is 7.00. The molecule has 0 aromatic heterocycles. The number of carbonyl (C=O) groups excluding carboxylic acids is 2. The van der Waals surface area contributed by atoms with Crippen molar-refractivity contribution in [2.75, 3.05) is 24.3 Å². The van der Waals surface area contributed by atoms with Gasteiger partial charge in [0.1, 0.15) is 11.6 Å². The molecular weight excluding hydrogens is 385 g/mol. The largest absolute Gasteiger partial charge is 0.497 e. The van der Waals surface area contributed by atoms with Crippen molar-refractivity contribution >= 4 is 23.2 Å². The molecule has 0 fully saturated rings. The SMILES string of the molecule is COc1ccc(NC(=O)c2ccc(NCC(=O)NCc3ccccc3F)cc2)cc1. The van der Waals surface area contributed by atoms with E-state index in [9.17, 15) is 14.0 Å². The summed E-state index contributed by atoms with van der Waals surface area (Å²) < 4.78 is 18.7. The first-order chi connectivity index (χ1) is 14.5. The van der Waals surface area contributed by atoms with Crippen LogP contribution in [-0.4, -0.2) is 25.5 Å². The fourth-order valence-corrected chi connectivity index (χ4v) is 2.70. The molecule has 0 bridgehead atoms. The molecule has 0 saturated heterocycles. The number of ether oxygens (including phenoxy) is 1. The summed E-state index contributed by atoms with van der Waals surface area (Å²) in [5.74, 6) is -0.149. The molecule has 0 aliphatic rings. The average Bonchev–Trinajstić information content (AvgIpc) is 2.78. The summed E-state index contributed by atoms with van der Waals surface area (Å²) in [4.78, 5) is 24.3. The van der Waals surface area contributed by atoms with Crippen LogP contribution < -0.4 is 20.7 Å². The van der Waals surface area contributed by atoms with Gasteiger partial charge in [-0.1, -0.05) is 18.2 Å². The van der Waals surface area contributed by atoms with Gasteiger partial charge in [0.05, 0.1) is 13.7 Å². The molecule has 0 heterocycles. The van der Waals surface area contributed by atoms with Crippen LogP contribution in [0.2, 0.25) is 0 Å². The Hall–Kier alpha value is -3.87. The summed E-state index contributed by atoms with van der Waals surface area (Å²) in [6.07, 6.45) is 0. The lowest BCUT2D eigenvalue weighted by atomic mass is 10.2. The first-order valence-electron chi connectivity index (χ1n) is 9.34. The molecule has 0 radical (unpaired) electrons. The Balaban J connectivity index is 1.47. The molecule has 3 N–H and O–H groups in total. The standard InChI is InChI=1S/C23H22FN3O3/c1-30-20-12-10-19(11-13-20)27-23(29)16-6-8-18(9-7-16)25-15-22(28)26-14-17-4-2-3-5-21(17)24/h2-13,25H,14-15H2,1H3,(H,26,28)(H,27,29). The lowest BCUT2D eigenvalue weighted by Gasteiger charge is -2.10. The molecule has 154 valence electrons. The summed E-state index contributed by atoms with van der Waals surface area (Å²) >= 11 is 0. The number of rotatable bonds is 8. The van der Waals surface area contributed by atoms with Crippen molar-refractivity contribution in [2.45, 2.75) is 6.54 Å². The van der Waals surface area contributed by atoms with Crippen LogP contribution in [0.15, 0.2) is 72.8 Å². The third-order valence-electron chi connectivity index (χ3n) is 4.38. The number of hydrogen-bond donors (Lipinski definition) is 3. The third kappa shape index (κ3) is 5.81. The maximum Gasteiger partial charge on any atom is 0.255 e. The maximum absolute atomic E-state index is 13.6. The molecule has 0 saturated carbocycles. The quantitative estimate of drug-likeness (QED) is 0.531. The number of benzene rings is 3. The highest BCUT2D eigenvalue weighted by Gasteiger charge is 2.08. The number of nitrogens with one attached hydrogen (secondary N) is 3. The van der Waals surface area contributed by atoms with Gasteiger partial charge in [0.15, 0.2) is 0 Å². The van der Waals surface area contributed by atoms with E-state index in [4.69, 9.17) is 4.74 Å². The number of amides is 2. The molecule has 30 heavy (non-hydrogen) atoms. The van der Waals surface area contributed by atoms with Crippen LogP contribution in [0.5, 0.6) is 5.75 Å². The van der Waals surface area contributed by atoms with Gasteiger partial charge >= 0.3 is 0 Å². The van der Waals surface area contributed by atoms with Crippen LogP contribution in [0, 0.1) is 5.82 Å². The fourth-order valence-electron chi connectivity index (χ4n) is 2.70.